The number of ether oxygens (including phenoxy) is 2. The Morgan fingerprint density at radius 1 is 1.23 bits per heavy atom. The molecule has 0 saturated heterocycles. The second kappa shape index (κ2) is 9.94. The molecule has 1 N–H and O–H groups in total. The molecule has 0 radical (unpaired) electrons. The number of halogens is 2. The van der Waals surface area contributed by atoms with Gasteiger partial charge in [0, 0.05) is 23.7 Å². The molecule has 1 heterocycles. The third-order valence-corrected chi connectivity index (χ3v) is 4.68. The van der Waals surface area contributed by atoms with Crippen LogP contribution in [0.15, 0.2) is 64.6 Å². The summed E-state index contributed by atoms with van der Waals surface area (Å²) in [5, 5.41) is 7.04. The molecule has 10 heteroatoms. The lowest BCUT2D eigenvalue weighted by Gasteiger charge is -2.24. The molecule has 0 aromatic heterocycles. The summed E-state index contributed by atoms with van der Waals surface area (Å²) in [5.74, 6) is 0.325. The molecule has 0 spiro atoms. The van der Waals surface area contributed by atoms with Crippen molar-refractivity contribution in [2.45, 2.75) is 13.2 Å². The van der Waals surface area contributed by atoms with Crippen molar-refractivity contribution in [1.29, 1.82) is 0 Å². The Morgan fingerprint density at radius 3 is 2.71 bits per heavy atom. The molecule has 1 amide bonds. The lowest BCUT2D eigenvalue weighted by Crippen LogP contribution is -2.35. The van der Waals surface area contributed by atoms with Crippen molar-refractivity contribution in [3.05, 3.63) is 70.6 Å². The lowest BCUT2D eigenvalue weighted by atomic mass is 10.1. The number of rotatable bonds is 7. The summed E-state index contributed by atoms with van der Waals surface area (Å²) in [6.07, 6.45) is 1.08. The number of carbonyl (C=O) groups excluding carboxylic acids is 1. The standard InChI is InChI=1S/C21H20ClFN4O4/c1-13-15(22)8-6-10-16(13)30-18-11-19(27(23)12-25-18)31-17-9-5-4-7-14(17)20(26-29-3)21(28)24-2/h4-12,19H,1-3H3,(H,24,28)/b26-20+. The zero-order chi connectivity index (χ0) is 22.4. The fourth-order valence-electron chi connectivity index (χ4n) is 2.69. The van der Waals surface area contributed by atoms with Crippen LogP contribution in [0.2, 0.25) is 5.02 Å². The minimum atomic E-state index is -1.21. The minimum absolute atomic E-state index is 0.0227. The van der Waals surface area contributed by atoms with Gasteiger partial charge >= 0.3 is 0 Å². The Bertz CT molecular complexity index is 1060. The van der Waals surface area contributed by atoms with Crippen LogP contribution < -0.4 is 14.8 Å². The monoisotopic (exact) mass is 446 g/mol. The number of nitrogens with one attached hydrogen (secondary N) is 1. The Hall–Kier alpha value is -3.59. The van der Waals surface area contributed by atoms with E-state index in [4.69, 9.17) is 25.9 Å². The fraction of sp³-hybridized carbons (Fsp3) is 0.190. The minimum Gasteiger partial charge on any atom is -0.463 e. The topological polar surface area (TPSA) is 84.8 Å². The molecule has 0 bridgehead atoms. The van der Waals surface area contributed by atoms with Gasteiger partial charge in [0.05, 0.1) is 5.56 Å². The van der Waals surface area contributed by atoms with Gasteiger partial charge in [0.25, 0.3) is 5.91 Å². The van der Waals surface area contributed by atoms with Crippen LogP contribution >= 0.6 is 11.6 Å². The predicted molar refractivity (Wildman–Crippen MR) is 115 cm³/mol. The van der Waals surface area contributed by atoms with E-state index in [-0.39, 0.29) is 22.5 Å². The lowest BCUT2D eigenvalue weighted by molar-refractivity contribution is -0.114. The van der Waals surface area contributed by atoms with Crippen molar-refractivity contribution in [1.82, 2.24) is 10.4 Å². The Balaban J connectivity index is 1.88. The average molecular weight is 447 g/mol. The number of nitrogens with zero attached hydrogens (tertiary/aromatic N) is 3. The number of para-hydroxylation sites is 1. The number of benzene rings is 2. The molecule has 162 valence electrons. The number of likely N-dealkylation sites (N-methyl/N-ethyl adjacent to an activating group) is 1. The van der Waals surface area contributed by atoms with Crippen LogP contribution in [0.5, 0.6) is 11.5 Å². The van der Waals surface area contributed by atoms with Gasteiger partial charge in [0.1, 0.15) is 24.9 Å². The van der Waals surface area contributed by atoms with Crippen LogP contribution in [-0.4, -0.2) is 43.5 Å². The first-order chi connectivity index (χ1) is 14.9. The fourth-order valence-corrected chi connectivity index (χ4v) is 2.85. The van der Waals surface area contributed by atoms with E-state index in [2.05, 4.69) is 15.5 Å². The summed E-state index contributed by atoms with van der Waals surface area (Å²) in [5.41, 5.74) is 1.02. The van der Waals surface area contributed by atoms with E-state index in [1.54, 1.807) is 49.4 Å². The first-order valence-corrected chi connectivity index (χ1v) is 9.54. The van der Waals surface area contributed by atoms with Crippen LogP contribution in [0.4, 0.5) is 4.48 Å². The van der Waals surface area contributed by atoms with E-state index < -0.39 is 12.1 Å². The Morgan fingerprint density at radius 2 is 1.97 bits per heavy atom. The first kappa shape index (κ1) is 22.1. The highest BCUT2D eigenvalue weighted by Gasteiger charge is 2.25. The number of hydrogen-bond donors (Lipinski definition) is 1. The molecule has 31 heavy (non-hydrogen) atoms. The zero-order valence-corrected chi connectivity index (χ0v) is 17.8. The van der Waals surface area contributed by atoms with E-state index in [1.807, 2.05) is 0 Å². The largest absolute Gasteiger partial charge is 0.463 e. The molecule has 0 fully saturated rings. The van der Waals surface area contributed by atoms with Crippen molar-refractivity contribution in [2.24, 2.45) is 10.1 Å². The Labute approximate surface area is 183 Å². The van der Waals surface area contributed by atoms with Gasteiger partial charge in [-0.05, 0) is 31.2 Å². The van der Waals surface area contributed by atoms with Gasteiger partial charge < -0.3 is 19.6 Å². The molecule has 1 aliphatic heterocycles. The molecule has 2 aromatic rings. The maximum atomic E-state index is 14.4. The zero-order valence-electron chi connectivity index (χ0n) is 17.0. The molecule has 3 rings (SSSR count). The number of aliphatic imine (C=N–C) groups is 1. The van der Waals surface area contributed by atoms with Gasteiger partial charge in [0.2, 0.25) is 12.1 Å². The molecule has 1 atom stereocenters. The number of amides is 1. The van der Waals surface area contributed by atoms with Crippen molar-refractivity contribution < 1.29 is 23.6 Å². The van der Waals surface area contributed by atoms with Gasteiger partial charge in [-0.25, -0.2) is 4.99 Å². The SMILES string of the molecule is CNC(=O)/C(=N/OC)c1ccccc1OC1C=C(Oc2cccc(Cl)c2C)N=CN1F. The van der Waals surface area contributed by atoms with E-state index in [0.29, 0.717) is 16.3 Å². The normalized spacial score (nSPS) is 15.9. The summed E-state index contributed by atoms with van der Waals surface area (Å²) in [7, 11) is 2.78. The van der Waals surface area contributed by atoms with Crippen LogP contribution in [0.3, 0.4) is 0 Å². The van der Waals surface area contributed by atoms with E-state index in [9.17, 15) is 9.28 Å². The predicted octanol–water partition coefficient (Wildman–Crippen LogP) is 3.60. The summed E-state index contributed by atoms with van der Waals surface area (Å²) in [6, 6.07) is 11.8. The number of carbonyl (C=O) groups is 1. The molecular formula is C21H20ClFN4O4. The second-order valence-electron chi connectivity index (χ2n) is 6.26. The highest BCUT2D eigenvalue weighted by molar-refractivity contribution is 6.45. The number of hydrogen-bond acceptors (Lipinski definition) is 7. The van der Waals surface area contributed by atoms with Crippen molar-refractivity contribution in [3.8, 4) is 11.5 Å². The summed E-state index contributed by atoms with van der Waals surface area (Å²) in [6.45, 7) is 1.80. The third-order valence-electron chi connectivity index (χ3n) is 4.27. The highest BCUT2D eigenvalue weighted by atomic mass is 35.5. The second-order valence-corrected chi connectivity index (χ2v) is 6.67. The molecular weight excluding hydrogens is 427 g/mol. The highest BCUT2D eigenvalue weighted by Crippen LogP contribution is 2.28. The van der Waals surface area contributed by atoms with Crippen LogP contribution in [0.25, 0.3) is 0 Å². The van der Waals surface area contributed by atoms with Crippen LogP contribution in [0.1, 0.15) is 11.1 Å². The molecule has 1 aliphatic rings. The van der Waals surface area contributed by atoms with E-state index in [0.717, 1.165) is 11.9 Å². The summed E-state index contributed by atoms with van der Waals surface area (Å²) in [4.78, 5) is 20.9. The average Bonchev–Trinajstić information content (AvgIpc) is 2.77. The molecule has 0 aliphatic carbocycles. The maximum Gasteiger partial charge on any atom is 0.273 e. The number of oxime groups is 1. The molecule has 8 nitrogen and oxygen atoms in total. The smallest absolute Gasteiger partial charge is 0.273 e. The van der Waals surface area contributed by atoms with Gasteiger partial charge in [-0.2, -0.15) is 5.12 Å². The van der Waals surface area contributed by atoms with Crippen molar-refractivity contribution in [2.75, 3.05) is 14.2 Å². The first-order valence-electron chi connectivity index (χ1n) is 9.17. The van der Waals surface area contributed by atoms with Crippen LogP contribution in [-0.2, 0) is 9.63 Å². The summed E-state index contributed by atoms with van der Waals surface area (Å²) >= 11 is 6.12. The third kappa shape index (κ3) is 5.13. The van der Waals surface area contributed by atoms with Gasteiger partial charge in [-0.15, -0.1) is 0 Å². The van der Waals surface area contributed by atoms with E-state index >= 15 is 0 Å². The van der Waals surface area contributed by atoms with Gasteiger partial charge in [0.15, 0.2) is 5.71 Å². The van der Waals surface area contributed by atoms with Crippen molar-refractivity contribution in [3.63, 3.8) is 0 Å². The van der Waals surface area contributed by atoms with Crippen LogP contribution in [0, 0.1) is 6.92 Å². The van der Waals surface area contributed by atoms with Gasteiger partial charge in [-0.1, -0.05) is 39.4 Å². The van der Waals surface area contributed by atoms with Crippen molar-refractivity contribution >= 4 is 29.6 Å². The maximum absolute atomic E-state index is 14.4. The quantitative estimate of drug-likeness (QED) is 0.399. The molecule has 0 saturated carbocycles. The molecule has 2 aromatic carbocycles. The Kier molecular flexibility index (Phi) is 7.09. The van der Waals surface area contributed by atoms with E-state index in [1.165, 1.54) is 20.2 Å². The molecule has 1 unspecified atom stereocenters. The van der Waals surface area contributed by atoms with Gasteiger partial charge in [-0.3, -0.25) is 4.79 Å². The summed E-state index contributed by atoms with van der Waals surface area (Å²) < 4.78 is 26.0.